The van der Waals surface area contributed by atoms with Gasteiger partial charge in [0, 0.05) is 83.7 Å². The highest BCUT2D eigenvalue weighted by molar-refractivity contribution is 14.1. The third-order valence-corrected chi connectivity index (χ3v) is 18.9. The second-order valence-electron chi connectivity index (χ2n) is 22.6. The molecule has 20 heteroatoms. The average Bonchev–Trinajstić information content (AvgIpc) is 3.86. The molecule has 2 aromatic rings. The van der Waals surface area contributed by atoms with Crippen molar-refractivity contribution in [2.24, 2.45) is 29.6 Å². The minimum absolute atomic E-state index is 0.151. The molecule has 0 bridgehead atoms. The number of halogens is 2. The molecule has 1 aromatic heterocycles. The van der Waals surface area contributed by atoms with Crippen LogP contribution in [0.25, 0.3) is 0 Å². The fourth-order valence-corrected chi connectivity index (χ4v) is 12.9. The van der Waals surface area contributed by atoms with Crippen molar-refractivity contribution < 1.29 is 67.5 Å². The SMILES string of the molecule is CO[C@H](c1ccc(C2CCOCC2)cc1)[C@@H](CF)n1cc(CCN(C)[C@H]2C[C@@H](C)O[C@@H](O[C@@H]3[C@@H](C)C([C@H]4C[C@@](C)(OC)[C@@H](O)[C@H](C)O4)[C@@H](C)C(=O)O[C@H](I)[C@@](C)(O)[C@H](O)[C@@H](C)C(=N)[C@H](C)C[C@@]3(C)OC)[C@@H]2O)nn1. The lowest BCUT2D eigenvalue weighted by atomic mass is 9.68. The minimum Gasteiger partial charge on any atom is -0.448 e. The van der Waals surface area contributed by atoms with Gasteiger partial charge in [-0.05, 0) is 119 Å². The predicted octanol–water partition coefficient (Wildman–Crippen LogP) is 6.14. The summed E-state index contributed by atoms with van der Waals surface area (Å²) in [4.78, 5) is 16.5. The molecule has 4 saturated heterocycles. The van der Waals surface area contributed by atoms with E-state index in [0.29, 0.717) is 31.0 Å². The number of hydrogen-bond donors (Lipinski definition) is 5. The highest BCUT2D eigenvalue weighted by Crippen LogP contribution is 2.46. The summed E-state index contributed by atoms with van der Waals surface area (Å²) < 4.78 is 65.4. The molecule has 0 radical (unpaired) electrons. The van der Waals surface area contributed by atoms with Crippen molar-refractivity contribution in [1.29, 1.82) is 5.41 Å². The lowest BCUT2D eigenvalue weighted by Crippen LogP contribution is -2.62. The molecule has 0 spiro atoms. The van der Waals surface area contributed by atoms with Crippen LogP contribution in [0, 0.1) is 35.0 Å². The number of methoxy groups -OCH3 is 3. The van der Waals surface area contributed by atoms with E-state index in [1.165, 1.54) is 24.3 Å². The summed E-state index contributed by atoms with van der Waals surface area (Å²) in [7, 11) is 6.57. The molecule has 0 saturated carbocycles. The van der Waals surface area contributed by atoms with Crippen molar-refractivity contribution in [2.75, 3.05) is 54.8 Å². The van der Waals surface area contributed by atoms with E-state index in [1.807, 2.05) is 74.4 Å². The number of nitrogens with zero attached hydrogens (tertiary/aromatic N) is 4. The quantitative estimate of drug-likeness (QED) is 0.0766. The average molecular weight is 1160 g/mol. The summed E-state index contributed by atoms with van der Waals surface area (Å²) in [5, 5.41) is 65.2. The van der Waals surface area contributed by atoms with Crippen LogP contribution in [0.15, 0.2) is 30.5 Å². The van der Waals surface area contributed by atoms with Gasteiger partial charge in [-0.1, -0.05) is 57.2 Å². The fourth-order valence-electron chi connectivity index (χ4n) is 12.3. The highest BCUT2D eigenvalue weighted by atomic mass is 127. The van der Waals surface area contributed by atoms with E-state index in [9.17, 15) is 35.0 Å². The Bertz CT molecular complexity index is 2120. The van der Waals surface area contributed by atoms with E-state index >= 15 is 0 Å². The first kappa shape index (κ1) is 60.9. The van der Waals surface area contributed by atoms with Crippen molar-refractivity contribution >= 4 is 34.3 Å². The number of rotatable bonds is 15. The Morgan fingerprint density at radius 2 is 1.59 bits per heavy atom. The Morgan fingerprint density at radius 1 is 0.946 bits per heavy atom. The normalized spacial score (nSPS) is 40.4. The summed E-state index contributed by atoms with van der Waals surface area (Å²) in [6.45, 7) is 17.2. The van der Waals surface area contributed by atoms with Crippen LogP contribution in [0.2, 0.25) is 0 Å². The molecule has 1 aromatic carbocycles. The zero-order valence-corrected chi connectivity index (χ0v) is 48.0. The number of likely N-dealkylation sites (N-methyl/N-ethyl adjacent to an activating group) is 1. The molecular weight excluding hydrogens is 1070 g/mol. The van der Waals surface area contributed by atoms with E-state index in [-0.39, 0.29) is 24.7 Å². The van der Waals surface area contributed by atoms with Crippen molar-refractivity contribution in [3.63, 3.8) is 0 Å². The van der Waals surface area contributed by atoms with E-state index in [0.717, 1.165) is 31.6 Å². The number of aliphatic hydroxyl groups is 4. The number of nitrogens with one attached hydrogen (secondary N) is 1. The molecular formula is C54H87FIN5O13. The van der Waals surface area contributed by atoms with Gasteiger partial charge in [0.15, 0.2) is 10.4 Å². The van der Waals surface area contributed by atoms with Gasteiger partial charge in [-0.15, -0.1) is 5.10 Å². The number of hydrogen-bond acceptors (Lipinski definition) is 17. The van der Waals surface area contributed by atoms with Gasteiger partial charge >= 0.3 is 5.97 Å². The Hall–Kier alpha value is -2.32. The van der Waals surface area contributed by atoms with Crippen LogP contribution >= 0.6 is 22.6 Å². The van der Waals surface area contributed by atoms with E-state index in [1.54, 1.807) is 48.1 Å². The number of carbonyl (C=O) groups is 1. The molecule has 4 aliphatic heterocycles. The minimum atomic E-state index is -1.94. The third-order valence-electron chi connectivity index (χ3n) is 17.3. The van der Waals surface area contributed by atoms with Crippen molar-refractivity contribution in [1.82, 2.24) is 19.9 Å². The lowest BCUT2D eigenvalue weighted by molar-refractivity contribution is -0.304. The maximum atomic E-state index is 14.9. The zero-order valence-electron chi connectivity index (χ0n) is 45.9. The Kier molecular flexibility index (Phi) is 21.1. The number of ether oxygens (including phenoxy) is 8. The van der Waals surface area contributed by atoms with Crippen molar-refractivity contribution in [3.05, 3.63) is 47.3 Å². The van der Waals surface area contributed by atoms with Crippen LogP contribution < -0.4 is 0 Å². The largest absolute Gasteiger partial charge is 0.448 e. The van der Waals surface area contributed by atoms with E-state index in [4.69, 9.17) is 37.9 Å². The predicted molar refractivity (Wildman–Crippen MR) is 283 cm³/mol. The topological polar surface area (TPSA) is 230 Å². The summed E-state index contributed by atoms with van der Waals surface area (Å²) in [6, 6.07) is 6.98. The first-order chi connectivity index (χ1) is 34.9. The molecule has 1 unspecified atom stereocenters. The molecule has 4 fully saturated rings. The maximum Gasteiger partial charge on any atom is 0.310 e. The van der Waals surface area contributed by atoms with E-state index in [2.05, 4.69) is 22.4 Å². The van der Waals surface area contributed by atoms with Crippen LogP contribution in [-0.2, 0) is 49.1 Å². The van der Waals surface area contributed by atoms with Gasteiger partial charge in [0.2, 0.25) is 0 Å². The zero-order chi connectivity index (χ0) is 54.6. The third kappa shape index (κ3) is 13.2. The molecule has 20 atom stereocenters. The molecule has 18 nitrogen and oxygen atoms in total. The number of cyclic esters (lactones) is 1. The molecule has 5 N–H and O–H groups in total. The number of esters is 1. The Morgan fingerprint density at radius 3 is 2.20 bits per heavy atom. The molecule has 420 valence electrons. The maximum absolute atomic E-state index is 14.9. The van der Waals surface area contributed by atoms with Crippen LogP contribution in [0.3, 0.4) is 0 Å². The number of aliphatic hydroxyl groups excluding tert-OH is 3. The van der Waals surface area contributed by atoms with Crippen LogP contribution in [-0.4, -0.2) is 183 Å². The summed E-state index contributed by atoms with van der Waals surface area (Å²) >= 11 is 1.82. The molecule has 0 aliphatic carbocycles. The van der Waals surface area contributed by atoms with Crippen LogP contribution in [0.4, 0.5) is 4.39 Å². The first-order valence-corrected chi connectivity index (χ1v) is 27.7. The van der Waals surface area contributed by atoms with E-state index < -0.39 is 124 Å². The highest BCUT2D eigenvalue weighted by Gasteiger charge is 2.56. The molecule has 0 amide bonds. The summed E-state index contributed by atoms with van der Waals surface area (Å²) in [5.74, 6) is -3.88. The Labute approximate surface area is 451 Å². The molecule has 4 aliphatic rings. The smallest absolute Gasteiger partial charge is 0.310 e. The van der Waals surface area contributed by atoms with Gasteiger partial charge in [0.05, 0.1) is 53.3 Å². The van der Waals surface area contributed by atoms with Crippen molar-refractivity contribution in [2.45, 2.75) is 195 Å². The van der Waals surface area contributed by atoms with Gasteiger partial charge in [0.25, 0.3) is 0 Å². The number of alkyl halides is 2. The van der Waals surface area contributed by atoms with Gasteiger partial charge < -0.3 is 68.6 Å². The lowest BCUT2D eigenvalue weighted by Gasteiger charge is -2.52. The second kappa shape index (κ2) is 25.6. The van der Waals surface area contributed by atoms with Gasteiger partial charge in [-0.2, -0.15) is 0 Å². The monoisotopic (exact) mass is 1160 g/mol. The summed E-state index contributed by atoms with van der Waals surface area (Å²) in [6.07, 6.45) is -3.21. The number of carbonyl (C=O) groups excluding carboxylic acids is 1. The van der Waals surface area contributed by atoms with Crippen molar-refractivity contribution in [3.8, 4) is 0 Å². The number of aromatic nitrogens is 3. The first-order valence-electron chi connectivity index (χ1n) is 26.5. The Balaban J connectivity index is 1.26. The standard InChI is InChI=1S/C54H87FIN5O13/c1-29-25-53(8,69-13)48(31(3)42(41-26-52(7,68-12)47(64)34(6)72-41)32(4)49(65)74-51(56)54(9,66)46(63)33(5)43(29)57)73-50-44(62)39(24-30(2)71-50)60(10)21-18-38-28-61(59-58-38)40(27-55)45(67-11)37-16-14-35(15-17-37)36-19-22-70-23-20-36/h14-17,28-34,36,39-42,44-48,50-51,57,62-64,66H,18-27H2,1-13H3/t29-,30-,31+,32-,33+,34+,39+,40-,41-,42?,44-,45-,46-,47+,48-,50+,51+,52-,53-,54+/m1/s1. The second-order valence-corrected chi connectivity index (χ2v) is 23.7. The van der Waals surface area contributed by atoms with Gasteiger partial charge in [0.1, 0.15) is 36.6 Å². The molecule has 6 rings (SSSR count). The molecule has 5 heterocycles. The van der Waals surface area contributed by atoms with Gasteiger partial charge in [-0.3, -0.25) is 4.79 Å². The molecule has 74 heavy (non-hydrogen) atoms. The fraction of sp³-hybridized carbons (Fsp3) is 0.815. The van der Waals surface area contributed by atoms with Gasteiger partial charge in [-0.25, -0.2) is 9.07 Å². The van der Waals surface area contributed by atoms with Crippen LogP contribution in [0.5, 0.6) is 0 Å². The summed E-state index contributed by atoms with van der Waals surface area (Å²) in [5.41, 5.74) is -1.36. The number of benzene rings is 1. The van der Waals surface area contributed by atoms with Crippen LogP contribution in [0.1, 0.15) is 129 Å².